The first-order valence-electron chi connectivity index (χ1n) is 5.93. The fraction of sp³-hybridized carbons (Fsp3) is 0. The minimum Gasteiger partial charge on any atom is -0.306 e. The third-order valence-corrected chi connectivity index (χ3v) is 3.48. The van der Waals surface area contributed by atoms with Crippen molar-refractivity contribution in [1.82, 2.24) is 24.6 Å². The van der Waals surface area contributed by atoms with Crippen LogP contribution in [0.1, 0.15) is 0 Å². The van der Waals surface area contributed by atoms with Gasteiger partial charge in [0.15, 0.2) is 5.65 Å². The molecule has 0 unspecified atom stereocenters. The molecule has 0 fully saturated rings. The van der Waals surface area contributed by atoms with E-state index >= 15 is 0 Å². The van der Waals surface area contributed by atoms with Crippen molar-refractivity contribution in [1.29, 1.82) is 0 Å². The van der Waals surface area contributed by atoms with E-state index in [0.29, 0.717) is 0 Å². The number of hydrogen-bond donors (Lipinski definition) is 2. The van der Waals surface area contributed by atoms with Gasteiger partial charge in [0.2, 0.25) is 0 Å². The lowest BCUT2D eigenvalue weighted by molar-refractivity contribution is 0.942. The van der Waals surface area contributed by atoms with Gasteiger partial charge >= 0.3 is 5.69 Å². The first-order valence-corrected chi connectivity index (χ1v) is 6.73. The van der Waals surface area contributed by atoms with Crippen LogP contribution < -0.4 is 5.69 Å². The lowest BCUT2D eigenvalue weighted by Crippen LogP contribution is -1.99. The van der Waals surface area contributed by atoms with Crippen LogP contribution in [-0.2, 0) is 0 Å². The highest BCUT2D eigenvalue weighted by Gasteiger charge is 2.06. The molecule has 0 aliphatic carbocycles. The Morgan fingerprint density at radius 3 is 2.85 bits per heavy atom. The van der Waals surface area contributed by atoms with E-state index < -0.39 is 0 Å². The molecule has 0 bridgehead atoms. The van der Waals surface area contributed by atoms with Gasteiger partial charge in [-0.2, -0.15) is 5.10 Å². The largest absolute Gasteiger partial charge is 0.323 e. The van der Waals surface area contributed by atoms with E-state index in [1.807, 2.05) is 30.3 Å². The van der Waals surface area contributed by atoms with Crippen molar-refractivity contribution < 1.29 is 0 Å². The minimum absolute atomic E-state index is 0.209. The number of hydrogen-bond acceptors (Lipinski definition) is 3. The number of nitrogens with zero attached hydrogens (tertiary/aromatic N) is 3. The van der Waals surface area contributed by atoms with Gasteiger partial charge in [-0.05, 0) is 40.2 Å². The van der Waals surface area contributed by atoms with Gasteiger partial charge in [0, 0.05) is 5.56 Å². The Morgan fingerprint density at radius 2 is 1.95 bits per heavy atom. The fourth-order valence-electron chi connectivity index (χ4n) is 2.20. The van der Waals surface area contributed by atoms with Crippen LogP contribution in [0.2, 0.25) is 0 Å². The second kappa shape index (κ2) is 4.04. The molecule has 4 rings (SSSR count). The van der Waals surface area contributed by atoms with E-state index in [9.17, 15) is 4.79 Å². The van der Waals surface area contributed by atoms with Gasteiger partial charge in [-0.15, -0.1) is 0 Å². The van der Waals surface area contributed by atoms with Gasteiger partial charge in [-0.25, -0.2) is 14.3 Å². The predicted molar refractivity (Wildman–Crippen MR) is 78.6 cm³/mol. The molecule has 4 aromatic rings. The number of benzene rings is 1. The molecule has 2 N–H and O–H groups in total. The Labute approximate surface area is 120 Å². The molecule has 7 heteroatoms. The fourth-order valence-corrected chi connectivity index (χ4v) is 2.57. The zero-order valence-corrected chi connectivity index (χ0v) is 11.7. The number of nitrogens with one attached hydrogen (secondary N) is 2. The van der Waals surface area contributed by atoms with Crippen molar-refractivity contribution in [3.8, 4) is 11.3 Å². The summed E-state index contributed by atoms with van der Waals surface area (Å²) in [6.45, 7) is 0. The highest BCUT2D eigenvalue weighted by molar-refractivity contribution is 9.10. The number of imidazole rings is 2. The molecule has 0 saturated heterocycles. The van der Waals surface area contributed by atoms with Crippen LogP contribution >= 0.6 is 15.9 Å². The monoisotopic (exact) mass is 329 g/mol. The lowest BCUT2D eigenvalue weighted by Gasteiger charge is -2.01. The number of halogens is 1. The summed E-state index contributed by atoms with van der Waals surface area (Å²) in [6, 6.07) is 9.48. The molecule has 0 aliphatic heterocycles. The second-order valence-electron chi connectivity index (χ2n) is 4.42. The van der Waals surface area contributed by atoms with Crippen LogP contribution in [-0.4, -0.2) is 24.6 Å². The summed E-state index contributed by atoms with van der Waals surface area (Å²) in [6.07, 6.45) is 1.80. The van der Waals surface area contributed by atoms with Crippen LogP contribution in [0.3, 0.4) is 0 Å². The maximum absolute atomic E-state index is 11.3. The molecule has 0 saturated carbocycles. The Morgan fingerprint density at radius 1 is 1.10 bits per heavy atom. The van der Waals surface area contributed by atoms with Crippen LogP contribution in [0.5, 0.6) is 0 Å². The maximum atomic E-state index is 11.3. The Balaban J connectivity index is 1.92. The zero-order chi connectivity index (χ0) is 13.7. The first kappa shape index (κ1) is 11.4. The van der Waals surface area contributed by atoms with Crippen molar-refractivity contribution in [2.45, 2.75) is 0 Å². The van der Waals surface area contributed by atoms with Crippen molar-refractivity contribution in [2.24, 2.45) is 0 Å². The van der Waals surface area contributed by atoms with Gasteiger partial charge in [-0.3, -0.25) is 0 Å². The third-order valence-electron chi connectivity index (χ3n) is 3.10. The van der Waals surface area contributed by atoms with Gasteiger partial charge in [-0.1, -0.05) is 6.07 Å². The standard InChI is InChI=1S/C13H8BrN5O/c14-11-6-19-12(17-11)4-3-8(18-19)7-1-2-9-10(5-7)16-13(20)15-9/h1-6H,(H2,15,16,20). The van der Waals surface area contributed by atoms with E-state index in [2.05, 4.69) is 36.0 Å². The van der Waals surface area contributed by atoms with Gasteiger partial charge < -0.3 is 9.97 Å². The van der Waals surface area contributed by atoms with Crippen molar-refractivity contribution in [3.05, 3.63) is 51.6 Å². The summed E-state index contributed by atoms with van der Waals surface area (Å²) in [4.78, 5) is 21.0. The summed E-state index contributed by atoms with van der Waals surface area (Å²) in [5.41, 5.74) is 3.85. The molecule has 0 amide bonds. The smallest absolute Gasteiger partial charge is 0.306 e. The van der Waals surface area contributed by atoms with Gasteiger partial charge in [0.25, 0.3) is 0 Å². The van der Waals surface area contributed by atoms with E-state index in [0.717, 1.165) is 32.5 Å². The number of aromatic nitrogens is 5. The molecule has 3 heterocycles. The average molecular weight is 330 g/mol. The molecule has 0 spiro atoms. The van der Waals surface area contributed by atoms with E-state index in [4.69, 9.17) is 0 Å². The van der Waals surface area contributed by atoms with E-state index in [1.54, 1.807) is 10.7 Å². The molecule has 0 radical (unpaired) electrons. The summed E-state index contributed by atoms with van der Waals surface area (Å²) in [7, 11) is 0. The van der Waals surface area contributed by atoms with Crippen LogP contribution in [0, 0.1) is 0 Å². The summed E-state index contributed by atoms with van der Waals surface area (Å²) >= 11 is 3.32. The minimum atomic E-state index is -0.209. The number of rotatable bonds is 1. The van der Waals surface area contributed by atoms with Crippen LogP contribution in [0.25, 0.3) is 27.9 Å². The molecule has 6 nitrogen and oxygen atoms in total. The highest BCUT2D eigenvalue weighted by atomic mass is 79.9. The molecule has 0 aliphatic rings. The third kappa shape index (κ3) is 1.75. The highest BCUT2D eigenvalue weighted by Crippen LogP contribution is 2.21. The first-order chi connectivity index (χ1) is 9.69. The summed E-state index contributed by atoms with van der Waals surface area (Å²) < 4.78 is 2.45. The normalized spacial score (nSPS) is 11.4. The zero-order valence-electron chi connectivity index (χ0n) is 10.1. The van der Waals surface area contributed by atoms with Crippen LogP contribution in [0.15, 0.2) is 45.9 Å². The summed E-state index contributed by atoms with van der Waals surface area (Å²) in [5, 5.41) is 4.50. The SMILES string of the molecule is O=c1[nH]c2ccc(-c3ccc4nc(Br)cn4n3)cc2[nH]1. The van der Waals surface area contributed by atoms with E-state index in [1.165, 1.54) is 0 Å². The van der Waals surface area contributed by atoms with Crippen molar-refractivity contribution in [3.63, 3.8) is 0 Å². The molecule has 3 aromatic heterocycles. The summed E-state index contributed by atoms with van der Waals surface area (Å²) in [5.74, 6) is 0. The molecular weight excluding hydrogens is 322 g/mol. The molecule has 98 valence electrons. The lowest BCUT2D eigenvalue weighted by atomic mass is 10.1. The quantitative estimate of drug-likeness (QED) is 0.562. The molecule has 1 aromatic carbocycles. The molecule has 0 atom stereocenters. The second-order valence-corrected chi connectivity index (χ2v) is 5.24. The van der Waals surface area contributed by atoms with Gasteiger partial charge in [0.1, 0.15) is 4.60 Å². The van der Waals surface area contributed by atoms with Crippen molar-refractivity contribution >= 4 is 32.6 Å². The van der Waals surface area contributed by atoms with Crippen LogP contribution in [0.4, 0.5) is 0 Å². The van der Waals surface area contributed by atoms with Crippen molar-refractivity contribution in [2.75, 3.05) is 0 Å². The Bertz CT molecular complexity index is 997. The van der Waals surface area contributed by atoms with E-state index in [-0.39, 0.29) is 5.69 Å². The number of aromatic amines is 2. The van der Waals surface area contributed by atoms with Gasteiger partial charge in [0.05, 0.1) is 22.9 Å². The number of H-pyrrole nitrogens is 2. The number of fused-ring (bicyclic) bond motifs is 2. The molecular formula is C13H8BrN5O. The predicted octanol–water partition coefficient (Wildman–Crippen LogP) is 2.33. The molecule has 20 heavy (non-hydrogen) atoms. The Kier molecular flexibility index (Phi) is 2.31. The maximum Gasteiger partial charge on any atom is 0.323 e. The Hall–Kier alpha value is -2.41. The topological polar surface area (TPSA) is 78.8 Å². The average Bonchev–Trinajstić information content (AvgIpc) is 2.97.